The summed E-state index contributed by atoms with van der Waals surface area (Å²) < 4.78 is 4.28. The molecule has 0 fully saturated rings. The number of hydrazone groups is 1. The second kappa shape index (κ2) is 5.17. The third-order valence-electron chi connectivity index (χ3n) is 4.70. The quantitative estimate of drug-likeness (QED) is 0.721. The van der Waals surface area contributed by atoms with Gasteiger partial charge < -0.3 is 0 Å². The van der Waals surface area contributed by atoms with Gasteiger partial charge in [0.2, 0.25) is 5.95 Å². The Kier molecular flexibility index (Phi) is 3.18. The van der Waals surface area contributed by atoms with Gasteiger partial charge in [-0.15, -0.1) is 0 Å². The molecule has 0 spiro atoms. The highest BCUT2D eigenvalue weighted by molar-refractivity contribution is 6.05. The predicted molar refractivity (Wildman–Crippen MR) is 96.3 cm³/mol. The van der Waals surface area contributed by atoms with Gasteiger partial charge in [0, 0.05) is 14.1 Å². The molecule has 8 nitrogen and oxygen atoms in total. The van der Waals surface area contributed by atoms with E-state index >= 15 is 0 Å². The molecule has 1 aliphatic rings. The zero-order valence-electron chi connectivity index (χ0n) is 14.4. The van der Waals surface area contributed by atoms with Crippen molar-refractivity contribution in [1.82, 2.24) is 18.7 Å². The van der Waals surface area contributed by atoms with E-state index in [2.05, 4.69) is 15.5 Å². The molecule has 1 aromatic carbocycles. The van der Waals surface area contributed by atoms with Crippen molar-refractivity contribution < 1.29 is 0 Å². The van der Waals surface area contributed by atoms with E-state index in [1.54, 1.807) is 11.6 Å². The summed E-state index contributed by atoms with van der Waals surface area (Å²) in [5.41, 5.74) is 5.83. The fourth-order valence-electron chi connectivity index (χ4n) is 3.23. The molecule has 1 aliphatic heterocycles. The highest BCUT2D eigenvalue weighted by Gasteiger charge is 2.28. The van der Waals surface area contributed by atoms with Crippen LogP contribution in [0.2, 0.25) is 0 Å². The Morgan fingerprint density at radius 1 is 1.08 bits per heavy atom. The first-order chi connectivity index (χ1) is 11.9. The Bertz CT molecular complexity index is 1150. The van der Waals surface area contributed by atoms with Gasteiger partial charge >= 0.3 is 5.69 Å². The Morgan fingerprint density at radius 2 is 1.76 bits per heavy atom. The predicted octanol–water partition coefficient (Wildman–Crippen LogP) is 1.13. The van der Waals surface area contributed by atoms with Crippen LogP contribution in [-0.4, -0.2) is 24.4 Å². The summed E-state index contributed by atoms with van der Waals surface area (Å²) in [5, 5.41) is 4.44. The van der Waals surface area contributed by atoms with Crippen molar-refractivity contribution in [3.8, 4) is 0 Å². The molecule has 1 N–H and O–H groups in total. The molecular formula is C17H18N6O2. The van der Waals surface area contributed by atoms with Crippen molar-refractivity contribution >= 4 is 22.8 Å². The van der Waals surface area contributed by atoms with Crippen LogP contribution in [0.15, 0.2) is 39.0 Å². The maximum absolute atomic E-state index is 12.7. The number of nitrogens with zero attached hydrogens (tertiary/aromatic N) is 5. The standard InChI is InChI=1S/C17H18N6O2/c1-9-5-7-11(8-6-9)12-10(2)23-13-14(18-16(23)20-19-12)21(3)17(25)22(4)15(13)24/h5-8,10H,1-4H3,(H,18,20)/t10-/m0/s1. The highest BCUT2D eigenvalue weighted by Crippen LogP contribution is 2.28. The van der Waals surface area contributed by atoms with Crippen LogP contribution in [0.25, 0.3) is 11.2 Å². The summed E-state index contributed by atoms with van der Waals surface area (Å²) >= 11 is 0. The number of rotatable bonds is 1. The van der Waals surface area contributed by atoms with Gasteiger partial charge in [0.05, 0.1) is 11.8 Å². The lowest BCUT2D eigenvalue weighted by Crippen LogP contribution is -2.38. The largest absolute Gasteiger partial charge is 0.332 e. The molecule has 0 radical (unpaired) electrons. The van der Waals surface area contributed by atoms with Crippen LogP contribution < -0.4 is 16.7 Å². The van der Waals surface area contributed by atoms with Crippen molar-refractivity contribution in [1.29, 1.82) is 0 Å². The first kappa shape index (κ1) is 15.4. The summed E-state index contributed by atoms with van der Waals surface area (Å²) in [6.07, 6.45) is 0. The van der Waals surface area contributed by atoms with Gasteiger partial charge in [-0.05, 0) is 19.4 Å². The molecule has 0 unspecified atom stereocenters. The van der Waals surface area contributed by atoms with E-state index in [1.165, 1.54) is 17.2 Å². The minimum atomic E-state index is -0.403. The zero-order valence-corrected chi connectivity index (χ0v) is 14.4. The molecule has 0 bridgehead atoms. The van der Waals surface area contributed by atoms with Crippen molar-refractivity contribution in [2.24, 2.45) is 19.2 Å². The minimum Gasteiger partial charge on any atom is -0.294 e. The molecular weight excluding hydrogens is 320 g/mol. The van der Waals surface area contributed by atoms with E-state index in [0.29, 0.717) is 17.1 Å². The Balaban J connectivity index is 1.96. The summed E-state index contributed by atoms with van der Waals surface area (Å²) in [6, 6.07) is 7.85. The molecule has 128 valence electrons. The van der Waals surface area contributed by atoms with Gasteiger partial charge in [-0.25, -0.2) is 10.2 Å². The fraction of sp³-hybridized carbons (Fsp3) is 0.294. The number of anilines is 1. The lowest BCUT2D eigenvalue weighted by Gasteiger charge is -2.23. The van der Waals surface area contributed by atoms with Crippen LogP contribution in [0.3, 0.4) is 0 Å². The number of nitrogens with one attached hydrogen (secondary N) is 1. The fourth-order valence-corrected chi connectivity index (χ4v) is 3.23. The maximum Gasteiger partial charge on any atom is 0.332 e. The van der Waals surface area contributed by atoms with Gasteiger partial charge in [-0.1, -0.05) is 29.8 Å². The maximum atomic E-state index is 12.7. The first-order valence-corrected chi connectivity index (χ1v) is 7.98. The lowest BCUT2D eigenvalue weighted by atomic mass is 10.0. The molecule has 1 atom stereocenters. The molecule has 0 saturated heterocycles. The number of fused-ring (bicyclic) bond motifs is 3. The Labute approximate surface area is 143 Å². The normalized spacial score (nSPS) is 16.5. The number of hydrogen-bond acceptors (Lipinski definition) is 5. The van der Waals surface area contributed by atoms with Gasteiger partial charge in [0.15, 0.2) is 11.2 Å². The van der Waals surface area contributed by atoms with E-state index in [4.69, 9.17) is 0 Å². The van der Waals surface area contributed by atoms with E-state index in [1.807, 2.05) is 38.1 Å². The van der Waals surface area contributed by atoms with Crippen LogP contribution in [0.5, 0.6) is 0 Å². The monoisotopic (exact) mass is 338 g/mol. The number of benzene rings is 1. The van der Waals surface area contributed by atoms with E-state index in [0.717, 1.165) is 15.8 Å². The van der Waals surface area contributed by atoms with Crippen LogP contribution in [0.4, 0.5) is 5.95 Å². The Hall–Kier alpha value is -3.16. The molecule has 4 rings (SSSR count). The number of hydrogen-bond donors (Lipinski definition) is 1. The van der Waals surface area contributed by atoms with Crippen molar-refractivity contribution in [3.63, 3.8) is 0 Å². The van der Waals surface area contributed by atoms with Crippen LogP contribution in [0.1, 0.15) is 24.1 Å². The minimum absolute atomic E-state index is 0.200. The topological polar surface area (TPSA) is 86.2 Å². The van der Waals surface area contributed by atoms with Crippen LogP contribution in [-0.2, 0) is 14.1 Å². The molecule has 3 heterocycles. The van der Waals surface area contributed by atoms with Gasteiger partial charge in [-0.2, -0.15) is 10.1 Å². The van der Waals surface area contributed by atoms with Crippen molar-refractivity contribution in [2.45, 2.75) is 19.9 Å². The first-order valence-electron chi connectivity index (χ1n) is 7.98. The second-order valence-corrected chi connectivity index (χ2v) is 6.33. The van der Waals surface area contributed by atoms with Crippen LogP contribution in [0, 0.1) is 6.92 Å². The van der Waals surface area contributed by atoms with Gasteiger partial charge in [0.1, 0.15) is 0 Å². The van der Waals surface area contributed by atoms with E-state index < -0.39 is 5.69 Å². The van der Waals surface area contributed by atoms with Crippen LogP contribution >= 0.6 is 0 Å². The molecule has 0 saturated carbocycles. The molecule has 8 heteroatoms. The van der Waals surface area contributed by atoms with Gasteiger partial charge in [-0.3, -0.25) is 18.5 Å². The van der Waals surface area contributed by atoms with E-state index in [9.17, 15) is 9.59 Å². The molecule has 0 amide bonds. The summed E-state index contributed by atoms with van der Waals surface area (Å²) in [5.74, 6) is 0.455. The average molecular weight is 338 g/mol. The second-order valence-electron chi connectivity index (χ2n) is 6.33. The summed E-state index contributed by atoms with van der Waals surface area (Å²) in [4.78, 5) is 29.2. The number of imidazole rings is 1. The van der Waals surface area contributed by atoms with Crippen molar-refractivity contribution in [2.75, 3.05) is 5.43 Å². The third-order valence-corrected chi connectivity index (χ3v) is 4.70. The summed E-state index contributed by atoms with van der Waals surface area (Å²) in [7, 11) is 3.08. The Morgan fingerprint density at radius 3 is 2.44 bits per heavy atom. The average Bonchev–Trinajstić information content (AvgIpc) is 3.00. The third kappa shape index (κ3) is 2.07. The molecule has 25 heavy (non-hydrogen) atoms. The van der Waals surface area contributed by atoms with Crippen molar-refractivity contribution in [3.05, 3.63) is 56.2 Å². The number of aryl methyl sites for hydroxylation is 2. The smallest absolute Gasteiger partial charge is 0.294 e. The highest BCUT2D eigenvalue weighted by atomic mass is 16.2. The molecule has 2 aromatic heterocycles. The number of aromatic nitrogens is 4. The zero-order chi connectivity index (χ0) is 17.9. The lowest BCUT2D eigenvalue weighted by molar-refractivity contribution is 0.679. The molecule has 0 aliphatic carbocycles. The van der Waals surface area contributed by atoms with Gasteiger partial charge in [0.25, 0.3) is 5.56 Å². The molecule has 3 aromatic rings. The summed E-state index contributed by atoms with van der Waals surface area (Å²) in [6.45, 7) is 3.99. The SMILES string of the molecule is Cc1ccc(C2=NNc3nc4c(c(=O)n(C)c(=O)n4C)n3[C@H]2C)cc1. The van der Waals surface area contributed by atoms with E-state index in [-0.39, 0.29) is 11.6 Å².